The predicted octanol–water partition coefficient (Wildman–Crippen LogP) is 1.12. The lowest BCUT2D eigenvalue weighted by Crippen LogP contribution is -2.16. The molecule has 21 heavy (non-hydrogen) atoms. The van der Waals surface area contributed by atoms with Crippen LogP contribution in [-0.2, 0) is 4.79 Å². The maximum Gasteiger partial charge on any atom is 0.248 e. The summed E-state index contributed by atoms with van der Waals surface area (Å²) in [7, 11) is 1.51. The SMILES string of the molecule is COc1ccc(C(N)=O)cc1NC(=O)CCC1CCNC1. The molecule has 1 aromatic rings. The van der Waals surface area contributed by atoms with E-state index >= 15 is 0 Å². The summed E-state index contributed by atoms with van der Waals surface area (Å²) in [5, 5.41) is 6.07. The van der Waals surface area contributed by atoms with Crippen molar-refractivity contribution in [2.75, 3.05) is 25.5 Å². The van der Waals surface area contributed by atoms with Crippen molar-refractivity contribution in [1.29, 1.82) is 0 Å². The molecule has 1 aliphatic heterocycles. The van der Waals surface area contributed by atoms with Crippen LogP contribution in [0.25, 0.3) is 0 Å². The zero-order valence-electron chi connectivity index (χ0n) is 12.1. The summed E-state index contributed by atoms with van der Waals surface area (Å²) in [5.41, 5.74) is 6.06. The van der Waals surface area contributed by atoms with E-state index in [1.165, 1.54) is 13.2 Å². The van der Waals surface area contributed by atoms with Gasteiger partial charge in [-0.1, -0.05) is 0 Å². The molecule has 114 valence electrons. The van der Waals surface area contributed by atoms with Crippen molar-refractivity contribution in [3.63, 3.8) is 0 Å². The second kappa shape index (κ2) is 7.08. The Kier molecular flexibility index (Phi) is 5.16. The molecule has 1 unspecified atom stereocenters. The lowest BCUT2D eigenvalue weighted by atomic mass is 10.0. The third-order valence-corrected chi connectivity index (χ3v) is 3.70. The van der Waals surface area contributed by atoms with Gasteiger partial charge in [0.05, 0.1) is 12.8 Å². The van der Waals surface area contributed by atoms with Crippen LogP contribution in [0.1, 0.15) is 29.6 Å². The summed E-state index contributed by atoms with van der Waals surface area (Å²) in [4.78, 5) is 23.2. The highest BCUT2D eigenvalue weighted by atomic mass is 16.5. The second-order valence-corrected chi connectivity index (χ2v) is 5.22. The van der Waals surface area contributed by atoms with Gasteiger partial charge in [0.15, 0.2) is 0 Å². The molecule has 1 atom stereocenters. The number of hydrogen-bond donors (Lipinski definition) is 3. The molecule has 1 fully saturated rings. The number of primary amides is 1. The molecule has 2 rings (SSSR count). The number of nitrogens with two attached hydrogens (primary N) is 1. The summed E-state index contributed by atoms with van der Waals surface area (Å²) < 4.78 is 5.18. The number of carbonyl (C=O) groups excluding carboxylic acids is 2. The fourth-order valence-electron chi connectivity index (χ4n) is 2.47. The first-order chi connectivity index (χ1) is 10.1. The molecule has 6 nitrogen and oxygen atoms in total. The Morgan fingerprint density at radius 3 is 2.90 bits per heavy atom. The van der Waals surface area contributed by atoms with Gasteiger partial charge in [-0.05, 0) is 50.0 Å². The normalized spacial score (nSPS) is 17.5. The summed E-state index contributed by atoms with van der Waals surface area (Å²) in [6.45, 7) is 2.01. The number of ether oxygens (including phenoxy) is 1. The fourth-order valence-corrected chi connectivity index (χ4v) is 2.47. The van der Waals surface area contributed by atoms with E-state index in [0.717, 1.165) is 25.9 Å². The van der Waals surface area contributed by atoms with E-state index in [0.29, 0.717) is 29.3 Å². The second-order valence-electron chi connectivity index (χ2n) is 5.22. The summed E-state index contributed by atoms with van der Waals surface area (Å²) >= 11 is 0. The van der Waals surface area contributed by atoms with Crippen molar-refractivity contribution in [3.8, 4) is 5.75 Å². The molecule has 1 saturated heterocycles. The molecular formula is C15H21N3O3. The highest BCUT2D eigenvalue weighted by Gasteiger charge is 2.16. The molecule has 0 saturated carbocycles. The van der Waals surface area contributed by atoms with Crippen molar-refractivity contribution < 1.29 is 14.3 Å². The van der Waals surface area contributed by atoms with Gasteiger partial charge < -0.3 is 21.1 Å². The summed E-state index contributed by atoms with van der Waals surface area (Å²) in [5.74, 6) is 0.456. The molecule has 1 heterocycles. The third-order valence-electron chi connectivity index (χ3n) is 3.70. The van der Waals surface area contributed by atoms with Crippen molar-refractivity contribution in [2.45, 2.75) is 19.3 Å². The number of nitrogens with one attached hydrogen (secondary N) is 2. The Morgan fingerprint density at radius 2 is 2.29 bits per heavy atom. The van der Waals surface area contributed by atoms with Crippen molar-refractivity contribution >= 4 is 17.5 Å². The number of methoxy groups -OCH3 is 1. The van der Waals surface area contributed by atoms with Gasteiger partial charge in [-0.25, -0.2) is 0 Å². The molecule has 6 heteroatoms. The molecule has 1 aromatic carbocycles. The van der Waals surface area contributed by atoms with E-state index in [2.05, 4.69) is 10.6 Å². The fraction of sp³-hybridized carbons (Fsp3) is 0.467. The first-order valence-electron chi connectivity index (χ1n) is 7.08. The minimum absolute atomic E-state index is 0.0816. The molecule has 2 amide bonds. The van der Waals surface area contributed by atoms with Gasteiger partial charge in [-0.15, -0.1) is 0 Å². The topological polar surface area (TPSA) is 93.4 Å². The highest BCUT2D eigenvalue weighted by molar-refractivity contribution is 5.97. The van der Waals surface area contributed by atoms with Crippen LogP contribution < -0.4 is 21.1 Å². The predicted molar refractivity (Wildman–Crippen MR) is 80.4 cm³/mol. The number of carbonyl (C=O) groups is 2. The molecule has 1 aliphatic rings. The molecule has 0 bridgehead atoms. The molecular weight excluding hydrogens is 270 g/mol. The highest BCUT2D eigenvalue weighted by Crippen LogP contribution is 2.26. The minimum atomic E-state index is -0.537. The lowest BCUT2D eigenvalue weighted by molar-refractivity contribution is -0.116. The Hall–Kier alpha value is -2.08. The average molecular weight is 291 g/mol. The van der Waals surface area contributed by atoms with Gasteiger partial charge in [-0.2, -0.15) is 0 Å². The first kappa shape index (κ1) is 15.3. The Morgan fingerprint density at radius 1 is 1.48 bits per heavy atom. The van der Waals surface area contributed by atoms with Crippen LogP contribution in [0.3, 0.4) is 0 Å². The van der Waals surface area contributed by atoms with Gasteiger partial charge in [0.25, 0.3) is 0 Å². The number of amides is 2. The molecule has 0 aromatic heterocycles. The van der Waals surface area contributed by atoms with Crippen LogP contribution in [0.15, 0.2) is 18.2 Å². The maximum atomic E-state index is 12.0. The van der Waals surface area contributed by atoms with Crippen molar-refractivity contribution in [3.05, 3.63) is 23.8 Å². The van der Waals surface area contributed by atoms with E-state index < -0.39 is 5.91 Å². The molecule has 0 spiro atoms. The van der Waals surface area contributed by atoms with Crippen molar-refractivity contribution in [2.24, 2.45) is 11.7 Å². The van der Waals surface area contributed by atoms with Gasteiger partial charge >= 0.3 is 0 Å². The van der Waals surface area contributed by atoms with Gasteiger partial charge in [0.1, 0.15) is 5.75 Å². The smallest absolute Gasteiger partial charge is 0.248 e. The standard InChI is InChI=1S/C15H21N3O3/c1-21-13-4-3-11(15(16)20)8-12(13)18-14(19)5-2-10-6-7-17-9-10/h3-4,8,10,17H,2,5-7,9H2,1H3,(H2,16,20)(H,18,19). The summed E-state index contributed by atoms with van der Waals surface area (Å²) in [6.07, 6.45) is 2.43. The Labute approximate surface area is 124 Å². The number of anilines is 1. The van der Waals surface area contributed by atoms with Gasteiger partial charge in [-0.3, -0.25) is 9.59 Å². The van der Waals surface area contributed by atoms with E-state index in [9.17, 15) is 9.59 Å². The van der Waals surface area contributed by atoms with Crippen LogP contribution >= 0.6 is 0 Å². The van der Waals surface area contributed by atoms with E-state index in [1.54, 1.807) is 12.1 Å². The Bertz CT molecular complexity index is 525. The lowest BCUT2D eigenvalue weighted by Gasteiger charge is -2.12. The number of hydrogen-bond acceptors (Lipinski definition) is 4. The van der Waals surface area contributed by atoms with E-state index in [-0.39, 0.29) is 5.91 Å². The monoisotopic (exact) mass is 291 g/mol. The van der Waals surface area contributed by atoms with E-state index in [1.807, 2.05) is 0 Å². The minimum Gasteiger partial charge on any atom is -0.495 e. The zero-order valence-corrected chi connectivity index (χ0v) is 12.1. The van der Waals surface area contributed by atoms with Gasteiger partial charge in [0.2, 0.25) is 11.8 Å². The average Bonchev–Trinajstić information content (AvgIpc) is 2.98. The van der Waals surface area contributed by atoms with Crippen LogP contribution in [0.2, 0.25) is 0 Å². The molecule has 0 aliphatic carbocycles. The maximum absolute atomic E-state index is 12.0. The molecule has 4 N–H and O–H groups in total. The zero-order chi connectivity index (χ0) is 15.2. The number of rotatable bonds is 6. The summed E-state index contributed by atoms with van der Waals surface area (Å²) in [6, 6.07) is 4.73. The largest absolute Gasteiger partial charge is 0.495 e. The number of benzene rings is 1. The molecule has 0 radical (unpaired) electrons. The van der Waals surface area contributed by atoms with Gasteiger partial charge in [0, 0.05) is 12.0 Å². The van der Waals surface area contributed by atoms with E-state index in [4.69, 9.17) is 10.5 Å². The van der Waals surface area contributed by atoms with Crippen LogP contribution in [0.4, 0.5) is 5.69 Å². The first-order valence-corrected chi connectivity index (χ1v) is 7.08. The van der Waals surface area contributed by atoms with Crippen LogP contribution in [-0.4, -0.2) is 32.0 Å². The third kappa shape index (κ3) is 4.19. The van der Waals surface area contributed by atoms with Crippen LogP contribution in [0.5, 0.6) is 5.75 Å². The van der Waals surface area contributed by atoms with Crippen molar-refractivity contribution in [1.82, 2.24) is 5.32 Å². The van der Waals surface area contributed by atoms with Crippen LogP contribution in [0, 0.1) is 5.92 Å². The quantitative estimate of drug-likeness (QED) is 0.732. The Balaban J connectivity index is 1.97.